The number of nitrogens with zero attached hydrogens (tertiary/aromatic N) is 2. The van der Waals surface area contributed by atoms with Gasteiger partial charge in [-0.15, -0.1) is 0 Å². The quantitative estimate of drug-likeness (QED) is 0.541. The molecule has 4 rings (SSSR count). The summed E-state index contributed by atoms with van der Waals surface area (Å²) in [6.07, 6.45) is 2.47. The van der Waals surface area contributed by atoms with Gasteiger partial charge in [0.05, 0.1) is 19.8 Å². The van der Waals surface area contributed by atoms with E-state index in [1.54, 1.807) is 0 Å². The van der Waals surface area contributed by atoms with Gasteiger partial charge in [-0.25, -0.2) is 0 Å². The number of rotatable bonds is 10. The third kappa shape index (κ3) is 7.19. The first-order valence-corrected chi connectivity index (χ1v) is 12.2. The van der Waals surface area contributed by atoms with Gasteiger partial charge in [0.15, 0.2) is 0 Å². The van der Waals surface area contributed by atoms with Gasteiger partial charge in [0, 0.05) is 39.1 Å². The molecule has 0 unspecified atom stereocenters. The van der Waals surface area contributed by atoms with E-state index >= 15 is 0 Å². The van der Waals surface area contributed by atoms with Crippen LogP contribution in [0.15, 0.2) is 48.5 Å². The van der Waals surface area contributed by atoms with Gasteiger partial charge in [-0.2, -0.15) is 0 Å². The predicted octanol–water partition coefficient (Wildman–Crippen LogP) is 3.03. The lowest BCUT2D eigenvalue weighted by Crippen LogP contribution is -2.48. The molecule has 0 bridgehead atoms. The van der Waals surface area contributed by atoms with Crippen molar-refractivity contribution in [1.82, 2.24) is 9.80 Å². The monoisotopic (exact) mass is 468 g/mol. The maximum absolute atomic E-state index is 11.7. The normalized spacial score (nSPS) is 21.5. The summed E-state index contributed by atoms with van der Waals surface area (Å²) in [5.74, 6) is 1.83. The van der Waals surface area contributed by atoms with Gasteiger partial charge in [0.2, 0.25) is 5.91 Å². The summed E-state index contributed by atoms with van der Waals surface area (Å²) in [5.41, 5.74) is 1.21. The van der Waals surface area contributed by atoms with Crippen LogP contribution in [-0.2, 0) is 16.1 Å². The third-order valence-corrected chi connectivity index (χ3v) is 6.29. The molecule has 0 aromatic heterocycles. The lowest BCUT2D eigenvalue weighted by Gasteiger charge is -2.30. The largest absolute Gasteiger partial charge is 0.494 e. The molecule has 1 amide bonds. The number of aliphatic hydroxyl groups is 1. The van der Waals surface area contributed by atoms with Crippen molar-refractivity contribution >= 4 is 5.91 Å². The van der Waals surface area contributed by atoms with E-state index in [4.69, 9.17) is 14.2 Å². The molecule has 1 N–H and O–H groups in total. The molecular weight excluding hydrogens is 432 g/mol. The summed E-state index contributed by atoms with van der Waals surface area (Å²) >= 11 is 0. The maximum Gasteiger partial charge on any atom is 0.222 e. The molecule has 0 spiro atoms. The molecule has 0 radical (unpaired) electrons. The number of benzene rings is 2. The number of carbonyl (C=O) groups is 1. The molecule has 7 heteroatoms. The standard InChI is InChI=1S/C27H36N2O5/c1-22-8-10-24(11-9-22)34-21-27(31)19-28(14-16-32-20-27)18-23-5-2-6-25(17-23)33-15-4-13-29-12-3-7-26(29)30/h2,5-6,8-11,17,31H,3-4,7,12-16,18-21H2,1H3/t27-/m1/s1. The summed E-state index contributed by atoms with van der Waals surface area (Å²) in [6, 6.07) is 15.9. The minimum Gasteiger partial charge on any atom is -0.494 e. The molecule has 1 atom stereocenters. The van der Waals surface area contributed by atoms with E-state index in [1.165, 1.54) is 5.56 Å². The Hall–Kier alpha value is -2.61. The Bertz CT molecular complexity index is 935. The van der Waals surface area contributed by atoms with Crippen LogP contribution in [0.1, 0.15) is 30.4 Å². The molecule has 2 saturated heterocycles. The molecule has 2 aromatic carbocycles. The van der Waals surface area contributed by atoms with Gasteiger partial charge in [-0.3, -0.25) is 9.69 Å². The molecule has 2 aliphatic heterocycles. The van der Waals surface area contributed by atoms with Crippen LogP contribution >= 0.6 is 0 Å². The maximum atomic E-state index is 11.7. The second-order valence-corrected chi connectivity index (χ2v) is 9.42. The van der Waals surface area contributed by atoms with E-state index in [0.29, 0.717) is 32.7 Å². The van der Waals surface area contributed by atoms with Crippen LogP contribution in [-0.4, -0.2) is 79.0 Å². The van der Waals surface area contributed by atoms with E-state index in [2.05, 4.69) is 17.0 Å². The van der Waals surface area contributed by atoms with Gasteiger partial charge in [0.25, 0.3) is 0 Å². The van der Waals surface area contributed by atoms with Crippen LogP contribution in [0, 0.1) is 6.92 Å². The van der Waals surface area contributed by atoms with E-state index in [9.17, 15) is 9.90 Å². The number of carbonyl (C=O) groups excluding carboxylic acids is 1. The van der Waals surface area contributed by atoms with Gasteiger partial charge in [0.1, 0.15) is 23.7 Å². The highest BCUT2D eigenvalue weighted by Gasteiger charge is 2.33. The molecule has 0 saturated carbocycles. The van der Waals surface area contributed by atoms with Crippen molar-refractivity contribution in [1.29, 1.82) is 0 Å². The Morgan fingerprint density at radius 1 is 1.09 bits per heavy atom. The minimum atomic E-state index is -1.08. The lowest BCUT2D eigenvalue weighted by molar-refractivity contribution is -0.127. The lowest BCUT2D eigenvalue weighted by atomic mass is 10.1. The second kappa shape index (κ2) is 11.7. The zero-order chi connectivity index (χ0) is 23.8. The number of aryl methyl sites for hydroxylation is 1. The number of hydrogen-bond donors (Lipinski definition) is 1. The molecule has 2 fully saturated rings. The molecule has 2 aliphatic rings. The highest BCUT2D eigenvalue weighted by molar-refractivity contribution is 5.77. The fraction of sp³-hybridized carbons (Fsp3) is 0.519. The van der Waals surface area contributed by atoms with E-state index in [1.807, 2.05) is 48.2 Å². The van der Waals surface area contributed by atoms with Crippen molar-refractivity contribution < 1.29 is 24.1 Å². The number of β-amino-alcohol motifs (C(OH)–C–C–N with tert-alkyl or cyclic N) is 1. The third-order valence-electron chi connectivity index (χ3n) is 6.29. The van der Waals surface area contributed by atoms with Crippen LogP contribution in [0.3, 0.4) is 0 Å². The zero-order valence-corrected chi connectivity index (χ0v) is 20.1. The fourth-order valence-corrected chi connectivity index (χ4v) is 4.45. The van der Waals surface area contributed by atoms with E-state index in [-0.39, 0.29) is 19.1 Å². The Morgan fingerprint density at radius 3 is 2.74 bits per heavy atom. The van der Waals surface area contributed by atoms with Gasteiger partial charge < -0.3 is 24.2 Å². The van der Waals surface area contributed by atoms with Crippen LogP contribution in [0.4, 0.5) is 0 Å². The Balaban J connectivity index is 1.27. The number of ether oxygens (including phenoxy) is 3. The highest BCUT2D eigenvalue weighted by Crippen LogP contribution is 2.21. The summed E-state index contributed by atoms with van der Waals surface area (Å²) < 4.78 is 17.5. The SMILES string of the molecule is Cc1ccc(OC[C@]2(O)COCCN(Cc3cccc(OCCCN4CCCC4=O)c3)C2)cc1. The van der Waals surface area contributed by atoms with Crippen molar-refractivity contribution in [3.8, 4) is 11.5 Å². The summed E-state index contributed by atoms with van der Waals surface area (Å²) in [5, 5.41) is 11.2. The fourth-order valence-electron chi connectivity index (χ4n) is 4.45. The smallest absolute Gasteiger partial charge is 0.222 e. The number of amides is 1. The topological polar surface area (TPSA) is 71.5 Å². The Kier molecular flexibility index (Phi) is 8.43. The highest BCUT2D eigenvalue weighted by atomic mass is 16.5. The first-order valence-electron chi connectivity index (χ1n) is 12.2. The van der Waals surface area contributed by atoms with Crippen molar-refractivity contribution in [2.75, 3.05) is 52.6 Å². The second-order valence-electron chi connectivity index (χ2n) is 9.42. The number of likely N-dealkylation sites (tertiary alicyclic amines) is 1. The van der Waals surface area contributed by atoms with Crippen molar-refractivity contribution in [3.63, 3.8) is 0 Å². The van der Waals surface area contributed by atoms with Gasteiger partial charge >= 0.3 is 0 Å². The van der Waals surface area contributed by atoms with E-state index in [0.717, 1.165) is 49.5 Å². The van der Waals surface area contributed by atoms with Crippen LogP contribution < -0.4 is 9.47 Å². The molecule has 7 nitrogen and oxygen atoms in total. The number of hydrogen-bond acceptors (Lipinski definition) is 6. The average Bonchev–Trinajstić information content (AvgIpc) is 3.14. The summed E-state index contributed by atoms with van der Waals surface area (Å²) in [6.45, 7) is 7.13. The molecule has 34 heavy (non-hydrogen) atoms. The van der Waals surface area contributed by atoms with Gasteiger partial charge in [-0.05, 0) is 49.6 Å². The summed E-state index contributed by atoms with van der Waals surface area (Å²) in [7, 11) is 0. The Labute approximate surface area is 202 Å². The first kappa shape index (κ1) is 24.5. The van der Waals surface area contributed by atoms with E-state index < -0.39 is 5.60 Å². The van der Waals surface area contributed by atoms with Gasteiger partial charge in [-0.1, -0.05) is 29.8 Å². The van der Waals surface area contributed by atoms with Crippen LogP contribution in [0.2, 0.25) is 0 Å². The van der Waals surface area contributed by atoms with Crippen LogP contribution in [0.5, 0.6) is 11.5 Å². The zero-order valence-electron chi connectivity index (χ0n) is 20.1. The van der Waals surface area contributed by atoms with Crippen molar-refractivity contribution in [2.45, 2.75) is 38.3 Å². The van der Waals surface area contributed by atoms with Crippen molar-refractivity contribution in [3.05, 3.63) is 59.7 Å². The van der Waals surface area contributed by atoms with Crippen LogP contribution in [0.25, 0.3) is 0 Å². The minimum absolute atomic E-state index is 0.176. The predicted molar refractivity (Wildman–Crippen MR) is 130 cm³/mol. The molecule has 184 valence electrons. The summed E-state index contributed by atoms with van der Waals surface area (Å²) in [4.78, 5) is 15.8. The Morgan fingerprint density at radius 2 is 1.94 bits per heavy atom. The molecular formula is C27H36N2O5. The molecule has 0 aliphatic carbocycles. The van der Waals surface area contributed by atoms with Crippen molar-refractivity contribution in [2.24, 2.45) is 0 Å². The molecule has 2 aromatic rings. The molecule has 2 heterocycles. The first-order chi connectivity index (χ1) is 16.5. The average molecular weight is 469 g/mol.